The van der Waals surface area contributed by atoms with Crippen LogP contribution in [0.25, 0.3) is 10.8 Å². The summed E-state index contributed by atoms with van der Waals surface area (Å²) in [5, 5.41) is 11.7. The summed E-state index contributed by atoms with van der Waals surface area (Å²) >= 11 is 0. The molecule has 0 heterocycles. The van der Waals surface area contributed by atoms with Crippen LogP contribution in [0.3, 0.4) is 0 Å². The van der Waals surface area contributed by atoms with E-state index >= 15 is 0 Å². The summed E-state index contributed by atoms with van der Waals surface area (Å²) in [6.07, 6.45) is 0. The lowest BCUT2D eigenvalue weighted by molar-refractivity contribution is -0.0590. The lowest BCUT2D eigenvalue weighted by Gasteiger charge is -2.19. The number of hydrogen-bond donors (Lipinski definition) is 2. The van der Waals surface area contributed by atoms with Crippen LogP contribution in [0.1, 0.15) is 31.1 Å². The molecule has 2 aromatic carbocycles. The number of fused-ring (bicyclic) bond motifs is 1. The second kappa shape index (κ2) is 4.90. The van der Waals surface area contributed by atoms with Crippen molar-refractivity contribution in [3.8, 4) is 5.75 Å². The predicted molar refractivity (Wildman–Crippen MR) is 73.9 cm³/mol. The maximum Gasteiger partial charge on any atom is 0.278 e. The summed E-state index contributed by atoms with van der Waals surface area (Å²) in [7, 11) is 0. The minimum Gasteiger partial charge on any atom is -0.506 e. The van der Waals surface area contributed by atoms with Gasteiger partial charge in [0.25, 0.3) is 5.91 Å². The van der Waals surface area contributed by atoms with Crippen LogP contribution in [0.2, 0.25) is 0 Å². The fourth-order valence-electron chi connectivity index (χ4n) is 1.69. The highest BCUT2D eigenvalue weighted by Gasteiger charge is 2.17. The lowest BCUT2D eigenvalue weighted by atomic mass is 10.1. The molecule has 1 amide bonds. The quantitative estimate of drug-likeness (QED) is 0.815. The molecular formula is C15H17NO3. The standard InChI is InChI=1S/C15H17NO3/c1-15(2,3)19-16-14(18)12-9-8-10-6-4-5-7-11(10)13(12)17/h4-9,17H,1-3H3,(H,16,18). The minimum atomic E-state index is -0.484. The van der Waals surface area contributed by atoms with E-state index in [2.05, 4.69) is 5.48 Å². The maximum atomic E-state index is 12.0. The third kappa shape index (κ3) is 3.03. The van der Waals surface area contributed by atoms with Gasteiger partial charge in [0.05, 0.1) is 11.2 Å². The molecule has 4 nitrogen and oxygen atoms in total. The van der Waals surface area contributed by atoms with Gasteiger partial charge in [-0.2, -0.15) is 0 Å². The highest BCUT2D eigenvalue weighted by Crippen LogP contribution is 2.28. The smallest absolute Gasteiger partial charge is 0.278 e. The van der Waals surface area contributed by atoms with E-state index in [4.69, 9.17) is 4.84 Å². The van der Waals surface area contributed by atoms with Crippen molar-refractivity contribution in [1.29, 1.82) is 0 Å². The molecule has 100 valence electrons. The Morgan fingerprint density at radius 3 is 2.53 bits per heavy atom. The third-order valence-electron chi connectivity index (χ3n) is 2.60. The van der Waals surface area contributed by atoms with Gasteiger partial charge in [-0.3, -0.25) is 9.63 Å². The van der Waals surface area contributed by atoms with Crippen molar-refractivity contribution in [3.05, 3.63) is 42.0 Å². The number of nitrogens with one attached hydrogen (secondary N) is 1. The lowest BCUT2D eigenvalue weighted by Crippen LogP contribution is -2.33. The normalized spacial score (nSPS) is 11.5. The highest BCUT2D eigenvalue weighted by atomic mass is 16.7. The molecule has 2 rings (SSSR count). The van der Waals surface area contributed by atoms with E-state index in [-0.39, 0.29) is 11.3 Å². The number of benzene rings is 2. The summed E-state index contributed by atoms with van der Waals surface area (Å²) in [6, 6.07) is 10.7. The topological polar surface area (TPSA) is 58.6 Å². The summed E-state index contributed by atoms with van der Waals surface area (Å²) in [6.45, 7) is 5.48. The third-order valence-corrected chi connectivity index (χ3v) is 2.60. The Balaban J connectivity index is 2.30. The largest absolute Gasteiger partial charge is 0.506 e. The molecule has 0 fully saturated rings. The Morgan fingerprint density at radius 2 is 1.84 bits per heavy atom. The van der Waals surface area contributed by atoms with Gasteiger partial charge in [0, 0.05) is 5.39 Å². The second-order valence-corrected chi connectivity index (χ2v) is 5.33. The van der Waals surface area contributed by atoms with Crippen molar-refractivity contribution < 1.29 is 14.7 Å². The van der Waals surface area contributed by atoms with Gasteiger partial charge in [-0.25, -0.2) is 5.48 Å². The number of hydroxylamine groups is 1. The Hall–Kier alpha value is -2.07. The van der Waals surface area contributed by atoms with Crippen molar-refractivity contribution in [2.75, 3.05) is 0 Å². The molecule has 19 heavy (non-hydrogen) atoms. The number of carbonyl (C=O) groups is 1. The molecule has 2 aromatic rings. The zero-order chi connectivity index (χ0) is 14.0. The molecule has 0 spiro atoms. The first kappa shape index (κ1) is 13.4. The number of hydrogen-bond acceptors (Lipinski definition) is 3. The van der Waals surface area contributed by atoms with Gasteiger partial charge in [0.1, 0.15) is 5.75 Å². The minimum absolute atomic E-state index is 0.0342. The van der Waals surface area contributed by atoms with Gasteiger partial charge in [0.2, 0.25) is 0 Å². The van der Waals surface area contributed by atoms with Crippen molar-refractivity contribution >= 4 is 16.7 Å². The Bertz CT molecular complexity index is 614. The van der Waals surface area contributed by atoms with Gasteiger partial charge in [0.15, 0.2) is 0 Å². The van der Waals surface area contributed by atoms with Crippen molar-refractivity contribution in [1.82, 2.24) is 5.48 Å². The predicted octanol–water partition coefficient (Wildman–Crippen LogP) is 3.01. The first-order valence-electron chi connectivity index (χ1n) is 6.07. The number of phenolic OH excluding ortho intramolecular Hbond substituents is 1. The van der Waals surface area contributed by atoms with Gasteiger partial charge < -0.3 is 5.11 Å². The Kier molecular flexibility index (Phi) is 3.44. The van der Waals surface area contributed by atoms with Crippen LogP contribution in [0.4, 0.5) is 0 Å². The van der Waals surface area contributed by atoms with E-state index in [1.807, 2.05) is 39.0 Å². The van der Waals surface area contributed by atoms with Crippen LogP contribution in [0.5, 0.6) is 5.75 Å². The van der Waals surface area contributed by atoms with E-state index in [1.165, 1.54) is 0 Å². The summed E-state index contributed by atoms with van der Waals surface area (Å²) < 4.78 is 0. The highest BCUT2D eigenvalue weighted by molar-refractivity contribution is 6.03. The van der Waals surface area contributed by atoms with Crippen LogP contribution in [-0.2, 0) is 4.84 Å². The fraction of sp³-hybridized carbons (Fsp3) is 0.267. The molecule has 0 aliphatic carbocycles. The van der Waals surface area contributed by atoms with Gasteiger partial charge in [-0.1, -0.05) is 30.3 Å². The molecule has 2 N–H and O–H groups in total. The maximum absolute atomic E-state index is 12.0. The summed E-state index contributed by atoms with van der Waals surface area (Å²) in [4.78, 5) is 17.2. The molecule has 0 bridgehead atoms. The van der Waals surface area contributed by atoms with Crippen LogP contribution in [0, 0.1) is 0 Å². The first-order valence-corrected chi connectivity index (χ1v) is 6.07. The van der Waals surface area contributed by atoms with E-state index in [0.717, 1.165) is 5.39 Å². The number of aromatic hydroxyl groups is 1. The first-order chi connectivity index (χ1) is 8.88. The SMILES string of the molecule is CC(C)(C)ONC(=O)c1ccc2ccccc2c1O. The Morgan fingerprint density at radius 1 is 1.16 bits per heavy atom. The molecule has 0 atom stereocenters. The molecule has 0 radical (unpaired) electrons. The molecule has 0 saturated carbocycles. The molecular weight excluding hydrogens is 242 g/mol. The van der Waals surface area contributed by atoms with E-state index < -0.39 is 11.5 Å². The molecule has 0 aliphatic rings. The van der Waals surface area contributed by atoms with Crippen LogP contribution in [-0.4, -0.2) is 16.6 Å². The van der Waals surface area contributed by atoms with Crippen LogP contribution < -0.4 is 5.48 Å². The second-order valence-electron chi connectivity index (χ2n) is 5.33. The molecule has 0 aliphatic heterocycles. The van der Waals surface area contributed by atoms with Crippen molar-refractivity contribution in [2.24, 2.45) is 0 Å². The average molecular weight is 259 g/mol. The number of rotatable bonds is 2. The summed E-state index contributed by atoms with van der Waals surface area (Å²) in [5.74, 6) is -0.494. The van der Waals surface area contributed by atoms with E-state index in [9.17, 15) is 9.90 Å². The van der Waals surface area contributed by atoms with Gasteiger partial charge in [-0.05, 0) is 32.2 Å². The van der Waals surface area contributed by atoms with E-state index in [1.54, 1.807) is 18.2 Å². The number of carbonyl (C=O) groups excluding carboxylic acids is 1. The summed E-state index contributed by atoms with van der Waals surface area (Å²) in [5.41, 5.74) is 2.06. The van der Waals surface area contributed by atoms with Crippen LogP contribution >= 0.6 is 0 Å². The zero-order valence-corrected chi connectivity index (χ0v) is 11.2. The van der Waals surface area contributed by atoms with Crippen molar-refractivity contribution in [2.45, 2.75) is 26.4 Å². The van der Waals surface area contributed by atoms with Crippen molar-refractivity contribution in [3.63, 3.8) is 0 Å². The fourth-order valence-corrected chi connectivity index (χ4v) is 1.69. The zero-order valence-electron chi connectivity index (χ0n) is 11.2. The monoisotopic (exact) mass is 259 g/mol. The molecule has 0 unspecified atom stereocenters. The number of amides is 1. The van der Waals surface area contributed by atoms with Crippen LogP contribution in [0.15, 0.2) is 36.4 Å². The Labute approximate surface area is 112 Å². The molecule has 0 saturated heterocycles. The molecule has 4 heteroatoms. The molecule has 0 aromatic heterocycles. The van der Waals surface area contributed by atoms with E-state index in [0.29, 0.717) is 5.39 Å². The van der Waals surface area contributed by atoms with Gasteiger partial charge in [-0.15, -0.1) is 0 Å². The number of phenols is 1. The average Bonchev–Trinajstić information content (AvgIpc) is 2.36. The van der Waals surface area contributed by atoms with Gasteiger partial charge >= 0.3 is 0 Å².